The largest absolute Gasteiger partial charge is 0.497 e. The molecular weight excluding hydrogens is 660 g/mol. The Hall–Kier alpha value is -1.69. The Kier molecular flexibility index (Phi) is 9.54. The molecule has 4 rings (SSSR count). The molecule has 0 amide bonds. The van der Waals surface area contributed by atoms with Gasteiger partial charge in [-0.2, -0.15) is 0 Å². The van der Waals surface area contributed by atoms with Crippen molar-refractivity contribution in [3.63, 3.8) is 0 Å². The molecule has 4 aromatic rings. The predicted octanol–water partition coefficient (Wildman–Crippen LogP) is 7.65. The van der Waals surface area contributed by atoms with Gasteiger partial charge in [0.1, 0.15) is 11.5 Å². The monoisotopic (exact) mass is 685 g/mol. The van der Waals surface area contributed by atoms with Gasteiger partial charge in [-0.3, -0.25) is 4.79 Å². The van der Waals surface area contributed by atoms with Crippen LogP contribution in [0.1, 0.15) is 21.5 Å². The fourth-order valence-electron chi connectivity index (χ4n) is 3.65. The summed E-state index contributed by atoms with van der Waals surface area (Å²) in [7, 11) is 7.37. The van der Waals surface area contributed by atoms with Gasteiger partial charge in [-0.25, -0.2) is 0 Å². The third-order valence-electron chi connectivity index (χ3n) is 5.19. The van der Waals surface area contributed by atoms with Crippen LogP contribution in [0.5, 0.6) is 11.5 Å². The van der Waals surface area contributed by atoms with Crippen LogP contribution in [0.3, 0.4) is 0 Å². The lowest BCUT2D eigenvalue weighted by atomic mass is 9.97. The molecule has 0 bridgehead atoms. The third-order valence-corrected chi connectivity index (χ3v) is 6.39. The lowest BCUT2D eigenvalue weighted by Gasteiger charge is -2.10. The second kappa shape index (κ2) is 12.1. The number of benzene rings is 3. The van der Waals surface area contributed by atoms with Crippen LogP contribution >= 0.6 is 48.6 Å². The minimum atomic E-state index is 0.0265. The van der Waals surface area contributed by atoms with Crippen LogP contribution in [0.25, 0.3) is 20.5 Å². The number of ether oxygens (including phenoxy) is 2. The summed E-state index contributed by atoms with van der Waals surface area (Å²) in [5.74, 6) is 1.59. The zero-order valence-electron chi connectivity index (χ0n) is 18.9. The number of carbonyl (C=O) groups excluding carboxylic acids is 1. The quantitative estimate of drug-likeness (QED) is 0.148. The molecule has 172 valence electrons. The number of nitrogens with zero attached hydrogens (tertiary/aromatic N) is 1. The average Bonchev–Trinajstić information content (AvgIpc) is 3.23. The summed E-state index contributed by atoms with van der Waals surface area (Å²) in [6, 6.07) is 21.6. The normalized spacial score (nSPS) is 10.6. The van der Waals surface area contributed by atoms with Crippen molar-refractivity contribution in [1.82, 2.24) is 4.90 Å². The summed E-state index contributed by atoms with van der Waals surface area (Å²) in [5.41, 5.74) is 3.59. The minimum absolute atomic E-state index is 0.0265. The van der Waals surface area contributed by atoms with Crippen LogP contribution in [0.15, 0.2) is 66.7 Å². The molecule has 0 N–H and O–H groups in total. The first kappa shape index (κ1) is 25.9. The Labute approximate surface area is 222 Å². The number of methoxy groups -OCH3 is 2. The lowest BCUT2D eigenvalue weighted by molar-refractivity contribution is 0.104. The number of hydrogen-bond donors (Lipinski definition) is 0. The van der Waals surface area contributed by atoms with Gasteiger partial charge in [0.25, 0.3) is 0 Å². The van der Waals surface area contributed by atoms with Crippen LogP contribution in [0, 0.1) is 0 Å². The molecule has 4 nitrogen and oxygen atoms in total. The summed E-state index contributed by atoms with van der Waals surface area (Å²) in [4.78, 5) is 16.7. The fraction of sp³-hybridized carbons (Fsp3) is 0.192. The number of halogens is 2. The molecule has 3 aromatic carbocycles. The van der Waals surface area contributed by atoms with Crippen molar-refractivity contribution >= 4 is 64.4 Å². The Morgan fingerprint density at radius 2 is 1.48 bits per heavy atom. The van der Waals surface area contributed by atoms with Gasteiger partial charge in [0.05, 0.1) is 14.2 Å². The molecule has 0 atom stereocenters. The molecule has 0 fully saturated rings. The van der Waals surface area contributed by atoms with E-state index in [4.69, 9.17) is 9.47 Å². The maximum Gasteiger partial charge on any atom is 0.195 e. The fourth-order valence-corrected chi connectivity index (χ4v) is 4.88. The summed E-state index contributed by atoms with van der Waals surface area (Å²) in [6.07, 6.45) is 0. The highest BCUT2D eigenvalue weighted by atomic mass is 128. The van der Waals surface area contributed by atoms with Gasteiger partial charge in [0.15, 0.2) is 5.78 Å². The molecule has 0 aliphatic rings. The molecule has 0 saturated heterocycles. The molecule has 0 unspecified atom stereocenters. The van der Waals surface area contributed by atoms with Gasteiger partial charge in [-0.15, -0.1) is 11.3 Å². The highest BCUT2D eigenvalue weighted by Crippen LogP contribution is 2.41. The summed E-state index contributed by atoms with van der Waals surface area (Å²) in [6.45, 7) is 0.840. The highest BCUT2D eigenvalue weighted by molar-refractivity contribution is 15.0. The van der Waals surface area contributed by atoms with Crippen molar-refractivity contribution in [3.05, 3.63) is 83.4 Å². The van der Waals surface area contributed by atoms with Crippen LogP contribution in [0.2, 0.25) is 0 Å². The third kappa shape index (κ3) is 6.06. The van der Waals surface area contributed by atoms with Crippen molar-refractivity contribution < 1.29 is 14.3 Å². The standard InChI is InChI=1S/C26H25NO3S.I2/c1-27(2)16-17-5-7-18(8-6-17)25(28)24-22-14-13-21(30-4)15-23(22)31-26(24)19-9-11-20(29-3)12-10-19;1-2/h5-15H,16H2,1-4H3;. The number of hydrogen-bond acceptors (Lipinski definition) is 5. The van der Waals surface area contributed by atoms with E-state index in [1.807, 2.05) is 80.8 Å². The Bertz CT molecular complexity index is 1220. The second-order valence-corrected chi connectivity index (χ2v) is 8.71. The van der Waals surface area contributed by atoms with Gasteiger partial charge in [0, 0.05) is 69.9 Å². The van der Waals surface area contributed by atoms with Crippen molar-refractivity contribution in [1.29, 1.82) is 0 Å². The average molecular weight is 685 g/mol. The number of ketones is 1. The van der Waals surface area contributed by atoms with Crippen LogP contribution in [-0.4, -0.2) is 39.0 Å². The first-order valence-corrected chi connectivity index (χ1v) is 17.3. The van der Waals surface area contributed by atoms with E-state index in [0.29, 0.717) is 5.56 Å². The molecule has 33 heavy (non-hydrogen) atoms. The number of rotatable bonds is 7. The topological polar surface area (TPSA) is 38.8 Å². The van der Waals surface area contributed by atoms with E-state index < -0.39 is 0 Å². The SMILES string of the molecule is COc1ccc(-c2sc3cc(OC)ccc3c2C(=O)c2ccc(CN(C)C)cc2)cc1.II. The van der Waals surface area contributed by atoms with E-state index in [1.165, 1.54) is 5.56 Å². The van der Waals surface area contributed by atoms with Gasteiger partial charge in [0.2, 0.25) is 0 Å². The molecule has 1 aromatic heterocycles. The second-order valence-electron chi connectivity index (χ2n) is 7.66. The van der Waals surface area contributed by atoms with E-state index in [2.05, 4.69) is 42.1 Å². The predicted molar refractivity (Wildman–Crippen MR) is 156 cm³/mol. The van der Waals surface area contributed by atoms with Crippen molar-refractivity contribution in [3.8, 4) is 21.9 Å². The smallest absolute Gasteiger partial charge is 0.195 e. The summed E-state index contributed by atoms with van der Waals surface area (Å²) in [5, 5.41) is 0.944. The maximum atomic E-state index is 13.7. The molecule has 0 aliphatic carbocycles. The summed E-state index contributed by atoms with van der Waals surface area (Å²) < 4.78 is 11.7. The van der Waals surface area contributed by atoms with Crippen LogP contribution in [-0.2, 0) is 6.54 Å². The zero-order chi connectivity index (χ0) is 24.0. The highest BCUT2D eigenvalue weighted by Gasteiger charge is 2.22. The van der Waals surface area contributed by atoms with E-state index in [-0.39, 0.29) is 5.78 Å². The van der Waals surface area contributed by atoms with Gasteiger partial charge >= 0.3 is 0 Å². The van der Waals surface area contributed by atoms with E-state index >= 15 is 0 Å². The zero-order valence-corrected chi connectivity index (χ0v) is 24.0. The van der Waals surface area contributed by atoms with E-state index in [0.717, 1.165) is 44.1 Å². The van der Waals surface area contributed by atoms with Crippen molar-refractivity contribution in [2.45, 2.75) is 6.54 Å². The first-order valence-electron chi connectivity index (χ1n) is 10.2. The molecular formula is C26H25I2NO3S. The summed E-state index contributed by atoms with van der Waals surface area (Å²) >= 11 is 5.85. The Morgan fingerprint density at radius 1 is 0.879 bits per heavy atom. The Morgan fingerprint density at radius 3 is 2.06 bits per heavy atom. The van der Waals surface area contributed by atoms with Crippen LogP contribution < -0.4 is 9.47 Å². The van der Waals surface area contributed by atoms with Gasteiger partial charge in [-0.1, -0.05) is 24.3 Å². The maximum absolute atomic E-state index is 13.7. The minimum Gasteiger partial charge on any atom is -0.497 e. The van der Waals surface area contributed by atoms with E-state index in [9.17, 15) is 4.79 Å². The molecule has 0 radical (unpaired) electrons. The van der Waals surface area contributed by atoms with Crippen molar-refractivity contribution in [2.75, 3.05) is 28.3 Å². The number of fused-ring (bicyclic) bond motifs is 1. The molecule has 1 heterocycles. The van der Waals surface area contributed by atoms with Gasteiger partial charge < -0.3 is 14.4 Å². The Balaban J connectivity index is 0.00000149. The van der Waals surface area contributed by atoms with Crippen LogP contribution in [0.4, 0.5) is 0 Å². The van der Waals surface area contributed by atoms with Gasteiger partial charge in [-0.05, 0) is 67.7 Å². The molecule has 7 heteroatoms. The molecule has 0 saturated carbocycles. The molecule has 0 spiro atoms. The van der Waals surface area contributed by atoms with E-state index in [1.54, 1.807) is 25.6 Å². The lowest BCUT2D eigenvalue weighted by Crippen LogP contribution is -2.10. The number of carbonyl (C=O) groups is 1. The van der Waals surface area contributed by atoms with Crippen molar-refractivity contribution in [2.24, 2.45) is 0 Å². The number of thiophene rings is 1. The molecule has 0 aliphatic heterocycles. The first-order chi connectivity index (χ1) is 16.0.